The summed E-state index contributed by atoms with van der Waals surface area (Å²) in [7, 11) is 0. The van der Waals surface area contributed by atoms with Crippen molar-refractivity contribution in [2.24, 2.45) is 138 Å². The van der Waals surface area contributed by atoms with Crippen LogP contribution in [-0.4, -0.2) is 136 Å². The lowest BCUT2D eigenvalue weighted by Gasteiger charge is -2.62. The maximum Gasteiger partial charge on any atom is 0.312 e. The number of carbonyl (C=O) groups excluding carboxylic acids is 7. The highest BCUT2D eigenvalue weighted by Gasteiger charge is 2.69. The minimum Gasteiger partial charge on any atom is -0.481 e. The number of hydrogen-bond donors (Lipinski definition) is 5. The summed E-state index contributed by atoms with van der Waals surface area (Å²) < 4.78 is 41.1. The molecule has 20 heteroatoms. The molecule has 1 heterocycles. The van der Waals surface area contributed by atoms with Crippen LogP contribution in [0.3, 0.4) is 0 Å². The van der Waals surface area contributed by atoms with Crippen LogP contribution in [0.5, 0.6) is 0 Å². The van der Waals surface area contributed by atoms with E-state index in [0.717, 1.165) is 137 Å². The molecule has 23 rings (SSSR count). The van der Waals surface area contributed by atoms with Gasteiger partial charge >= 0.3 is 47.8 Å². The Kier molecular flexibility index (Phi) is 30.8. The van der Waals surface area contributed by atoms with Crippen molar-refractivity contribution in [2.75, 3.05) is 0 Å². The number of carboxylic acid groups (broad SMARTS) is 1. The van der Waals surface area contributed by atoms with Crippen LogP contribution >= 0.6 is 0 Å². The van der Waals surface area contributed by atoms with Crippen molar-refractivity contribution < 1.29 is 97.0 Å². The van der Waals surface area contributed by atoms with Crippen LogP contribution < -0.4 is 0 Å². The minimum atomic E-state index is -0.842. The average molecular weight is 1800 g/mol. The van der Waals surface area contributed by atoms with Crippen LogP contribution in [0, 0.1) is 138 Å². The lowest BCUT2D eigenvalue weighted by atomic mass is 9.46. The van der Waals surface area contributed by atoms with Gasteiger partial charge in [0, 0.05) is 61.2 Å². The van der Waals surface area contributed by atoms with Gasteiger partial charge in [0.1, 0.15) is 40.2 Å². The zero-order chi connectivity index (χ0) is 93.3. The number of fused-ring (bicyclic) bond motifs is 1. The highest BCUT2D eigenvalue weighted by molar-refractivity contribution is 5.80. The number of hydrogen-bond acceptors (Lipinski definition) is 19. The lowest BCUT2D eigenvalue weighted by Crippen LogP contribution is -2.67. The molecule has 0 amide bonds. The third-order valence-corrected chi connectivity index (χ3v) is 38.3. The summed E-state index contributed by atoms with van der Waals surface area (Å²) in [4.78, 5) is 96.1. The Morgan fingerprint density at radius 1 is 0.383 bits per heavy atom. The Labute approximate surface area is 773 Å². The topological polar surface area (TPSA) is 302 Å². The third-order valence-electron chi connectivity index (χ3n) is 38.3. The Balaban J connectivity index is 0.000000157. The first-order chi connectivity index (χ1) is 58.0. The largest absolute Gasteiger partial charge is 0.481 e. The number of carboxylic acids is 1. The van der Waals surface area contributed by atoms with E-state index in [2.05, 4.69) is 55.4 Å². The number of esters is 7. The van der Waals surface area contributed by atoms with E-state index in [9.17, 15) is 58.8 Å². The summed E-state index contributed by atoms with van der Waals surface area (Å²) in [5, 5.41) is 51.1. The lowest BCUT2D eigenvalue weighted by molar-refractivity contribution is -0.265. The highest BCUT2D eigenvalue weighted by atomic mass is 16.6. The molecule has 0 radical (unpaired) electrons. The molecule has 0 aromatic heterocycles. The van der Waals surface area contributed by atoms with E-state index in [1.807, 2.05) is 104 Å². The molecular weight excluding hydrogens is 1620 g/mol. The van der Waals surface area contributed by atoms with Gasteiger partial charge < -0.3 is 58.7 Å². The summed E-state index contributed by atoms with van der Waals surface area (Å²) in [6.07, 6.45) is 37.2. The molecule has 10 atom stereocenters. The Hall–Kier alpha value is -4.40. The Morgan fingerprint density at radius 3 is 0.977 bits per heavy atom. The standard InChI is InChI=1S/2C19H32O2.2C16H26O4.C16H26O2.C14H20O4.C6H12O2.2CH4/c2*1-6-17(2,3)16(20)21-18(4,5)19-10-13-7-14(11-19)9-15(8-13)12-19;2*1-4-13(2,3)12(17)20-16-7-11-5-14(18,9-16)8-15(19,6-11)10-16;1-4-10(2)15(17)18-16(3)13-6-11-5-12(8-13)9-14(16)7-11;1-4-14(2,3)13(16)18-10-7-5-8-9(6-7)12(15)17-11(8)10;1-4-6(2,3)5(7)8;;/h2*13-15H,6-12H2,1-5H3;2*11,18-19H,4-10H2,1-3H3;10-14H,4-9H2,1-3H3;7-11H,4-6H2,1-3H3;4H2,1-3H3,(H,7,8);2*1H4. The van der Waals surface area contributed by atoms with Crippen molar-refractivity contribution in [3.63, 3.8) is 0 Å². The predicted octanol–water partition coefficient (Wildman–Crippen LogP) is 22.7. The fourth-order valence-corrected chi connectivity index (χ4v) is 29.0. The minimum absolute atomic E-state index is 0. The van der Waals surface area contributed by atoms with Gasteiger partial charge in [-0.3, -0.25) is 38.4 Å². The van der Waals surface area contributed by atoms with Crippen LogP contribution in [0.4, 0.5) is 0 Å². The molecule has 1 aliphatic heterocycles. The fourth-order valence-electron chi connectivity index (χ4n) is 29.0. The van der Waals surface area contributed by atoms with E-state index in [4.69, 9.17) is 38.3 Å². The van der Waals surface area contributed by atoms with Gasteiger partial charge in [0.15, 0.2) is 0 Å². The molecule has 23 fully saturated rings. The van der Waals surface area contributed by atoms with E-state index in [1.165, 1.54) is 109 Å². The van der Waals surface area contributed by atoms with Gasteiger partial charge in [0.2, 0.25) is 0 Å². The van der Waals surface area contributed by atoms with Crippen molar-refractivity contribution in [3.8, 4) is 0 Å². The van der Waals surface area contributed by atoms with Crippen molar-refractivity contribution in [3.05, 3.63) is 0 Å². The summed E-state index contributed by atoms with van der Waals surface area (Å²) in [5.74, 6) is 8.48. The van der Waals surface area contributed by atoms with E-state index in [0.29, 0.717) is 68.6 Å². The van der Waals surface area contributed by atoms with Gasteiger partial charge in [0.05, 0.1) is 66.7 Å². The van der Waals surface area contributed by atoms with E-state index in [-0.39, 0.29) is 131 Å². The molecular formula is C108H182O20. The molecule has 734 valence electrons. The maximum atomic E-state index is 12.6. The van der Waals surface area contributed by atoms with Crippen LogP contribution in [0.25, 0.3) is 0 Å². The van der Waals surface area contributed by atoms with Crippen molar-refractivity contribution >= 4 is 47.8 Å². The number of rotatable bonds is 22. The zero-order valence-corrected chi connectivity index (χ0v) is 83.1. The summed E-state index contributed by atoms with van der Waals surface area (Å²) >= 11 is 0. The third kappa shape index (κ3) is 21.5. The molecule has 22 bridgehead atoms. The molecule has 20 nitrogen and oxygen atoms in total. The van der Waals surface area contributed by atoms with Gasteiger partial charge in [-0.05, 0) is 394 Å². The van der Waals surface area contributed by atoms with Crippen LogP contribution in [0.2, 0.25) is 0 Å². The van der Waals surface area contributed by atoms with Gasteiger partial charge in [-0.1, -0.05) is 70.2 Å². The van der Waals surface area contributed by atoms with Crippen LogP contribution in [-0.2, 0) is 71.5 Å². The second-order valence-corrected chi connectivity index (χ2v) is 51.5. The number of ether oxygens (including phenoxy) is 7. The summed E-state index contributed by atoms with van der Waals surface area (Å²) in [6.45, 7) is 49.7. The van der Waals surface area contributed by atoms with Crippen molar-refractivity contribution in [1.82, 2.24) is 0 Å². The molecule has 22 aliphatic carbocycles. The molecule has 0 spiro atoms. The number of carbonyl (C=O) groups is 8. The molecule has 0 aromatic rings. The highest BCUT2D eigenvalue weighted by Crippen LogP contribution is 2.69. The van der Waals surface area contributed by atoms with Crippen molar-refractivity contribution in [1.29, 1.82) is 0 Å². The van der Waals surface area contributed by atoms with Gasteiger partial charge in [-0.2, -0.15) is 0 Å². The first kappa shape index (κ1) is 106. The first-order valence-electron chi connectivity index (χ1n) is 50.7. The normalized spacial score (nSPS) is 40.3. The molecule has 22 saturated carbocycles. The first-order valence-corrected chi connectivity index (χ1v) is 50.7. The number of aliphatic carboxylic acids is 1. The maximum absolute atomic E-state index is 12.6. The van der Waals surface area contributed by atoms with Crippen LogP contribution in [0.15, 0.2) is 0 Å². The van der Waals surface area contributed by atoms with E-state index < -0.39 is 61.2 Å². The SMILES string of the molecule is C.C.CCC(C)(C)C(=O)O.CCC(C)(C)C(=O)OC(C)(C)C12CC3CC(CC(C3)C1)C2.CCC(C)(C)C(=O)OC(C)(C)C12CC3CC(CC(C3)C1)C2.CCC(C)(C)C(=O)OC12CC3CC(O)(CC(O)(C3)C1)C2.CCC(C)(C)C(=O)OC12CC3CC(O)(CC(O)(C3)C1)C2.CCC(C)(C)C(=O)OC1C2CC3C(=O)OC1C3C2.CCC(C)C(=O)OC1(C)C2CC3CC(C2)CC1C3. The molecule has 128 heavy (non-hydrogen) atoms. The molecule has 10 unspecified atom stereocenters. The van der Waals surface area contributed by atoms with Crippen LogP contribution in [0.1, 0.15) is 432 Å². The van der Waals surface area contributed by atoms with Gasteiger partial charge in [0.25, 0.3) is 0 Å². The summed E-state index contributed by atoms with van der Waals surface area (Å²) in [6, 6.07) is 0. The number of aliphatic hydroxyl groups is 4. The molecule has 1 saturated heterocycles. The fraction of sp³-hybridized carbons (Fsp3) is 0.926. The molecule has 5 N–H and O–H groups in total. The Bertz CT molecular complexity index is 3660. The van der Waals surface area contributed by atoms with Gasteiger partial charge in [-0.15, -0.1) is 0 Å². The Morgan fingerprint density at radius 2 is 0.688 bits per heavy atom. The van der Waals surface area contributed by atoms with E-state index >= 15 is 0 Å². The molecule has 23 aliphatic rings. The smallest absolute Gasteiger partial charge is 0.312 e. The average Bonchev–Trinajstić information content (AvgIpc) is 0.994. The monoisotopic (exact) mass is 1800 g/mol. The molecule has 0 aromatic carbocycles. The predicted molar refractivity (Wildman–Crippen MR) is 497 cm³/mol. The van der Waals surface area contributed by atoms with Crippen molar-refractivity contribution in [2.45, 2.75) is 495 Å². The van der Waals surface area contributed by atoms with E-state index in [1.54, 1.807) is 13.8 Å². The second kappa shape index (κ2) is 37.3. The summed E-state index contributed by atoms with van der Waals surface area (Å²) in [5.41, 5.74) is -7.66. The van der Waals surface area contributed by atoms with Gasteiger partial charge in [-0.25, -0.2) is 0 Å². The quantitative estimate of drug-likeness (QED) is 0.0497. The second-order valence-electron chi connectivity index (χ2n) is 51.5. The zero-order valence-electron chi connectivity index (χ0n) is 83.1.